The molecule has 2 aromatic carbocycles. The first-order valence-electron chi connectivity index (χ1n) is 6.39. The maximum Gasteiger partial charge on any atom is 0.266 e. The van der Waals surface area contributed by atoms with Crippen molar-refractivity contribution in [2.75, 3.05) is 7.11 Å². The first kappa shape index (κ1) is 12.7. The van der Waals surface area contributed by atoms with Crippen molar-refractivity contribution < 1.29 is 14.7 Å². The molecule has 102 valence electrons. The summed E-state index contributed by atoms with van der Waals surface area (Å²) in [4.78, 5) is 5.26. The number of rotatable bonds is 3. The van der Waals surface area contributed by atoms with Crippen molar-refractivity contribution in [2.45, 2.75) is 12.2 Å². The Morgan fingerprint density at radius 3 is 2.45 bits per heavy atom. The van der Waals surface area contributed by atoms with Crippen molar-refractivity contribution in [3.8, 4) is 5.75 Å². The number of aliphatic hydroxyl groups is 1. The summed E-state index contributed by atoms with van der Waals surface area (Å²) >= 11 is 0. The van der Waals surface area contributed by atoms with Crippen molar-refractivity contribution in [1.82, 2.24) is 0 Å². The molecule has 20 heavy (non-hydrogen) atoms. The molecule has 1 heterocycles. The lowest BCUT2D eigenvalue weighted by Gasteiger charge is -2.19. The predicted molar refractivity (Wildman–Crippen MR) is 75.6 cm³/mol. The highest BCUT2D eigenvalue weighted by Crippen LogP contribution is 2.33. The van der Waals surface area contributed by atoms with Gasteiger partial charge in [0.05, 0.1) is 19.2 Å². The Morgan fingerprint density at radius 1 is 1.10 bits per heavy atom. The summed E-state index contributed by atoms with van der Waals surface area (Å²) in [7, 11) is 1.62. The Hall–Kier alpha value is -2.33. The van der Waals surface area contributed by atoms with E-state index in [1.54, 1.807) is 7.11 Å². The molecule has 3 rings (SSSR count). The molecule has 1 aliphatic heterocycles. The van der Waals surface area contributed by atoms with Crippen molar-refractivity contribution in [3.63, 3.8) is 0 Å². The molecule has 4 heteroatoms. The molecule has 0 bridgehead atoms. The minimum Gasteiger partial charge on any atom is -0.497 e. The van der Waals surface area contributed by atoms with Gasteiger partial charge in [0.1, 0.15) is 5.75 Å². The van der Waals surface area contributed by atoms with Gasteiger partial charge in [0.2, 0.25) is 0 Å². The van der Waals surface area contributed by atoms with Crippen LogP contribution >= 0.6 is 0 Å². The average molecular weight is 269 g/mol. The SMILES string of the molecule is COc1ccc(C2=NOC(O)(c3ccccc3)C2)cc1. The number of ether oxygens (including phenoxy) is 1. The quantitative estimate of drug-likeness (QED) is 0.932. The van der Waals surface area contributed by atoms with Gasteiger partial charge < -0.3 is 14.7 Å². The van der Waals surface area contributed by atoms with E-state index in [1.807, 2.05) is 54.6 Å². The lowest BCUT2D eigenvalue weighted by Crippen LogP contribution is -2.25. The van der Waals surface area contributed by atoms with E-state index >= 15 is 0 Å². The molecule has 0 amide bonds. The van der Waals surface area contributed by atoms with E-state index in [1.165, 1.54) is 0 Å². The fourth-order valence-electron chi connectivity index (χ4n) is 2.21. The zero-order valence-electron chi connectivity index (χ0n) is 11.1. The summed E-state index contributed by atoms with van der Waals surface area (Å²) in [5.74, 6) is -0.595. The maximum atomic E-state index is 10.5. The normalized spacial score (nSPS) is 21.2. The Balaban J connectivity index is 1.81. The van der Waals surface area contributed by atoms with E-state index in [4.69, 9.17) is 9.57 Å². The third-order valence-electron chi connectivity index (χ3n) is 3.36. The molecule has 0 aromatic heterocycles. The predicted octanol–water partition coefficient (Wildman–Crippen LogP) is 2.66. The van der Waals surface area contributed by atoms with Gasteiger partial charge in [-0.1, -0.05) is 35.5 Å². The van der Waals surface area contributed by atoms with Crippen LogP contribution in [0.25, 0.3) is 0 Å². The summed E-state index contributed by atoms with van der Waals surface area (Å²) in [5.41, 5.74) is 2.34. The van der Waals surface area contributed by atoms with Crippen molar-refractivity contribution in [2.24, 2.45) is 5.16 Å². The second-order valence-corrected chi connectivity index (χ2v) is 4.68. The Labute approximate surface area is 117 Å². The zero-order valence-corrected chi connectivity index (χ0v) is 11.1. The molecular weight excluding hydrogens is 254 g/mol. The number of nitrogens with zero attached hydrogens (tertiary/aromatic N) is 1. The fourth-order valence-corrected chi connectivity index (χ4v) is 2.21. The highest BCUT2D eigenvalue weighted by atomic mass is 16.7. The van der Waals surface area contributed by atoms with Crippen molar-refractivity contribution in [3.05, 3.63) is 65.7 Å². The lowest BCUT2D eigenvalue weighted by molar-refractivity contribution is -0.193. The Bertz CT molecular complexity index is 622. The third kappa shape index (κ3) is 2.26. The van der Waals surface area contributed by atoms with Gasteiger partial charge in [-0.3, -0.25) is 0 Å². The molecule has 0 fully saturated rings. The third-order valence-corrected chi connectivity index (χ3v) is 3.36. The van der Waals surface area contributed by atoms with E-state index in [2.05, 4.69) is 5.16 Å². The topological polar surface area (TPSA) is 51.0 Å². The molecule has 0 spiro atoms. The monoisotopic (exact) mass is 269 g/mol. The van der Waals surface area contributed by atoms with Crippen LogP contribution in [0.15, 0.2) is 59.8 Å². The van der Waals surface area contributed by atoms with Crippen molar-refractivity contribution in [1.29, 1.82) is 0 Å². The number of methoxy groups -OCH3 is 1. The Morgan fingerprint density at radius 2 is 1.80 bits per heavy atom. The van der Waals surface area contributed by atoms with E-state index in [0.29, 0.717) is 12.0 Å². The van der Waals surface area contributed by atoms with Gasteiger partial charge in [0, 0.05) is 5.56 Å². The number of oxime groups is 1. The number of hydrogen-bond acceptors (Lipinski definition) is 4. The van der Waals surface area contributed by atoms with Gasteiger partial charge in [-0.15, -0.1) is 0 Å². The van der Waals surface area contributed by atoms with Crippen LogP contribution in [0.4, 0.5) is 0 Å². The summed E-state index contributed by atoms with van der Waals surface area (Å²) in [5, 5.41) is 14.6. The first-order valence-corrected chi connectivity index (χ1v) is 6.39. The summed E-state index contributed by atoms with van der Waals surface area (Å²) in [6.07, 6.45) is 0.323. The molecule has 4 nitrogen and oxygen atoms in total. The number of hydrogen-bond donors (Lipinski definition) is 1. The summed E-state index contributed by atoms with van der Waals surface area (Å²) in [6.45, 7) is 0. The average Bonchev–Trinajstić information content (AvgIpc) is 2.92. The standard InChI is InChI=1S/C16H15NO3/c1-19-14-9-7-12(8-10-14)15-11-16(18,20-17-15)13-5-3-2-4-6-13/h2-10,18H,11H2,1H3. The zero-order chi connectivity index (χ0) is 14.0. The van der Waals surface area contributed by atoms with Gasteiger partial charge >= 0.3 is 0 Å². The summed E-state index contributed by atoms with van der Waals surface area (Å²) in [6, 6.07) is 16.8. The molecule has 0 saturated heterocycles. The highest BCUT2D eigenvalue weighted by Gasteiger charge is 2.39. The first-order chi connectivity index (χ1) is 9.71. The van der Waals surface area contributed by atoms with E-state index in [0.717, 1.165) is 17.0 Å². The minimum atomic E-state index is -1.38. The van der Waals surface area contributed by atoms with Gasteiger partial charge in [0.25, 0.3) is 5.79 Å². The van der Waals surface area contributed by atoms with E-state index < -0.39 is 5.79 Å². The molecule has 2 aromatic rings. The molecule has 1 unspecified atom stereocenters. The molecule has 0 aliphatic carbocycles. The van der Waals surface area contributed by atoms with Crippen LogP contribution < -0.4 is 4.74 Å². The molecular formula is C16H15NO3. The molecule has 1 atom stereocenters. The lowest BCUT2D eigenvalue weighted by atomic mass is 9.97. The van der Waals surface area contributed by atoms with Crippen LogP contribution in [-0.4, -0.2) is 17.9 Å². The van der Waals surface area contributed by atoms with Crippen LogP contribution in [-0.2, 0) is 10.6 Å². The second kappa shape index (κ2) is 4.98. The highest BCUT2D eigenvalue weighted by molar-refractivity contribution is 6.01. The Kier molecular flexibility index (Phi) is 3.16. The minimum absolute atomic E-state index is 0.323. The maximum absolute atomic E-state index is 10.5. The van der Waals surface area contributed by atoms with Gasteiger partial charge in [-0.25, -0.2) is 0 Å². The van der Waals surface area contributed by atoms with Crippen LogP contribution in [0.1, 0.15) is 17.5 Å². The fraction of sp³-hybridized carbons (Fsp3) is 0.188. The van der Waals surface area contributed by atoms with E-state index in [9.17, 15) is 5.11 Å². The van der Waals surface area contributed by atoms with Crippen LogP contribution in [0, 0.1) is 0 Å². The number of benzene rings is 2. The summed E-state index contributed by atoms with van der Waals surface area (Å²) < 4.78 is 5.12. The van der Waals surface area contributed by atoms with Crippen LogP contribution in [0.5, 0.6) is 5.75 Å². The van der Waals surface area contributed by atoms with E-state index in [-0.39, 0.29) is 0 Å². The van der Waals surface area contributed by atoms with Gasteiger partial charge in [-0.05, 0) is 29.8 Å². The second-order valence-electron chi connectivity index (χ2n) is 4.68. The smallest absolute Gasteiger partial charge is 0.266 e. The van der Waals surface area contributed by atoms with Gasteiger partial charge in [0.15, 0.2) is 0 Å². The van der Waals surface area contributed by atoms with Crippen LogP contribution in [0.2, 0.25) is 0 Å². The molecule has 0 saturated carbocycles. The molecule has 0 radical (unpaired) electrons. The largest absolute Gasteiger partial charge is 0.497 e. The van der Waals surface area contributed by atoms with Gasteiger partial charge in [-0.2, -0.15) is 0 Å². The molecule has 1 N–H and O–H groups in total. The van der Waals surface area contributed by atoms with Crippen molar-refractivity contribution >= 4 is 5.71 Å². The van der Waals surface area contributed by atoms with Crippen LogP contribution in [0.3, 0.4) is 0 Å². The molecule has 1 aliphatic rings.